The van der Waals surface area contributed by atoms with Crippen molar-refractivity contribution in [1.29, 1.82) is 0 Å². The molecule has 0 fully saturated rings. The Hall–Kier alpha value is -2.28. The molecule has 0 aliphatic heterocycles. The summed E-state index contributed by atoms with van der Waals surface area (Å²) in [7, 11) is 3.09. The molecule has 0 unspecified atom stereocenters. The van der Waals surface area contributed by atoms with Gasteiger partial charge in [-0.3, -0.25) is 4.79 Å². The number of benzene rings is 2. The van der Waals surface area contributed by atoms with Crippen LogP contribution in [0.2, 0.25) is 10.0 Å². The molecule has 0 radical (unpaired) electrons. The number of carbonyl (C=O) groups excluding carboxylic acids is 1. The summed E-state index contributed by atoms with van der Waals surface area (Å²) < 4.78 is 10.4. The number of thiazole rings is 1. The first kappa shape index (κ1) is 18.5. The summed E-state index contributed by atoms with van der Waals surface area (Å²) in [6.07, 6.45) is 0. The first-order valence-corrected chi connectivity index (χ1v) is 9.09. The van der Waals surface area contributed by atoms with E-state index in [1.165, 1.54) is 18.4 Å². The lowest BCUT2D eigenvalue weighted by atomic mass is 10.2. The number of ether oxygens (including phenoxy) is 2. The summed E-state index contributed by atoms with van der Waals surface area (Å²) in [5.41, 5.74) is 1.63. The molecule has 0 atom stereocenters. The van der Waals surface area contributed by atoms with Crippen molar-refractivity contribution < 1.29 is 14.3 Å². The van der Waals surface area contributed by atoms with Gasteiger partial charge in [0.05, 0.1) is 30.0 Å². The second-order valence-corrected chi connectivity index (χ2v) is 6.86. The molecule has 1 aromatic heterocycles. The van der Waals surface area contributed by atoms with Crippen LogP contribution in [0.1, 0.15) is 10.5 Å². The van der Waals surface area contributed by atoms with Gasteiger partial charge in [-0.05, 0) is 24.3 Å². The Morgan fingerprint density at radius 3 is 2.58 bits per heavy atom. The van der Waals surface area contributed by atoms with E-state index in [2.05, 4.69) is 10.3 Å². The highest BCUT2D eigenvalue weighted by molar-refractivity contribution is 7.13. The molecule has 1 amide bonds. The monoisotopic (exact) mass is 408 g/mol. The number of nitrogens with zero attached hydrogens (tertiary/aromatic N) is 1. The van der Waals surface area contributed by atoms with Crippen molar-refractivity contribution in [3.8, 4) is 22.1 Å². The lowest BCUT2D eigenvalue weighted by Gasteiger charge is -2.10. The predicted octanol–water partition coefficient (Wildman–Crippen LogP) is 5.39. The number of methoxy groups -OCH3 is 2. The van der Waals surface area contributed by atoms with Crippen LogP contribution in [0.15, 0.2) is 41.8 Å². The summed E-state index contributed by atoms with van der Waals surface area (Å²) >= 11 is 13.3. The van der Waals surface area contributed by atoms with E-state index in [4.69, 9.17) is 32.7 Å². The maximum atomic E-state index is 12.5. The van der Waals surface area contributed by atoms with Crippen LogP contribution in [0.4, 0.5) is 5.69 Å². The first-order valence-electron chi connectivity index (χ1n) is 7.46. The Bertz CT molecular complexity index is 959. The van der Waals surface area contributed by atoms with Gasteiger partial charge in [0.25, 0.3) is 5.91 Å². The zero-order valence-electron chi connectivity index (χ0n) is 13.9. The minimum absolute atomic E-state index is 0.300. The average Bonchev–Trinajstić information content (AvgIpc) is 3.14. The molecule has 1 heterocycles. The predicted molar refractivity (Wildman–Crippen MR) is 105 cm³/mol. The summed E-state index contributed by atoms with van der Waals surface area (Å²) in [6, 6.07) is 10.4. The van der Waals surface area contributed by atoms with Crippen molar-refractivity contribution >= 4 is 46.1 Å². The zero-order valence-corrected chi connectivity index (χ0v) is 16.2. The highest BCUT2D eigenvalue weighted by atomic mass is 35.5. The molecule has 3 rings (SSSR count). The van der Waals surface area contributed by atoms with Crippen LogP contribution in [0, 0.1) is 0 Å². The summed E-state index contributed by atoms with van der Waals surface area (Å²) in [4.78, 5) is 16.9. The van der Waals surface area contributed by atoms with E-state index >= 15 is 0 Å². The molecule has 5 nitrogen and oxygen atoms in total. The van der Waals surface area contributed by atoms with E-state index in [0.717, 1.165) is 5.56 Å². The Kier molecular flexibility index (Phi) is 5.66. The molecule has 1 N–H and O–H groups in total. The quantitative estimate of drug-likeness (QED) is 0.614. The van der Waals surface area contributed by atoms with Crippen molar-refractivity contribution in [3.63, 3.8) is 0 Å². The molecule has 2 aromatic carbocycles. The molecule has 8 heteroatoms. The zero-order chi connectivity index (χ0) is 18.7. The van der Waals surface area contributed by atoms with Gasteiger partial charge in [0.2, 0.25) is 0 Å². The largest absolute Gasteiger partial charge is 0.497 e. The third-order valence-corrected chi connectivity index (χ3v) is 5.19. The highest BCUT2D eigenvalue weighted by Crippen LogP contribution is 2.32. The van der Waals surface area contributed by atoms with Gasteiger partial charge in [-0.15, -0.1) is 11.3 Å². The summed E-state index contributed by atoms with van der Waals surface area (Å²) in [5, 5.41) is 6.06. The smallest absolute Gasteiger partial charge is 0.275 e. The fraction of sp³-hybridized carbons (Fsp3) is 0.111. The second-order valence-electron chi connectivity index (χ2n) is 5.19. The van der Waals surface area contributed by atoms with E-state index in [1.807, 2.05) is 0 Å². The molecule has 134 valence electrons. The maximum absolute atomic E-state index is 12.5. The Morgan fingerprint density at radius 1 is 1.08 bits per heavy atom. The highest BCUT2D eigenvalue weighted by Gasteiger charge is 2.15. The molecule has 0 spiro atoms. The average molecular weight is 409 g/mol. The number of halogens is 2. The third kappa shape index (κ3) is 3.93. The van der Waals surface area contributed by atoms with Gasteiger partial charge in [-0.25, -0.2) is 4.98 Å². The maximum Gasteiger partial charge on any atom is 0.275 e. The van der Waals surface area contributed by atoms with E-state index in [0.29, 0.717) is 37.9 Å². The van der Waals surface area contributed by atoms with Crippen molar-refractivity contribution in [2.75, 3.05) is 19.5 Å². The van der Waals surface area contributed by atoms with E-state index in [-0.39, 0.29) is 5.91 Å². The normalized spacial score (nSPS) is 10.5. The molecule has 0 aliphatic carbocycles. The van der Waals surface area contributed by atoms with Gasteiger partial charge >= 0.3 is 0 Å². The number of aromatic nitrogens is 1. The molecule has 26 heavy (non-hydrogen) atoms. The Balaban J connectivity index is 1.81. The fourth-order valence-corrected chi connectivity index (χ4v) is 3.32. The van der Waals surface area contributed by atoms with Crippen LogP contribution in [-0.2, 0) is 0 Å². The van der Waals surface area contributed by atoms with Gasteiger partial charge in [0.15, 0.2) is 0 Å². The summed E-state index contributed by atoms with van der Waals surface area (Å²) in [6.45, 7) is 0. The van der Waals surface area contributed by atoms with Crippen LogP contribution in [0.25, 0.3) is 10.6 Å². The first-order chi connectivity index (χ1) is 12.5. The second kappa shape index (κ2) is 7.95. The van der Waals surface area contributed by atoms with E-state index in [9.17, 15) is 4.79 Å². The van der Waals surface area contributed by atoms with Gasteiger partial charge in [0.1, 0.15) is 22.2 Å². The van der Waals surface area contributed by atoms with Crippen molar-refractivity contribution in [2.45, 2.75) is 0 Å². The molecule has 0 aliphatic rings. The topological polar surface area (TPSA) is 60.5 Å². The lowest BCUT2D eigenvalue weighted by Crippen LogP contribution is -2.13. The molecular formula is C18H14Cl2N2O3S. The number of nitrogens with one attached hydrogen (secondary N) is 1. The van der Waals surface area contributed by atoms with Crippen molar-refractivity contribution in [1.82, 2.24) is 4.98 Å². The minimum Gasteiger partial charge on any atom is -0.497 e. The number of amides is 1. The lowest BCUT2D eigenvalue weighted by molar-refractivity contribution is 0.102. The van der Waals surface area contributed by atoms with Crippen LogP contribution >= 0.6 is 34.5 Å². The molecule has 0 saturated carbocycles. The van der Waals surface area contributed by atoms with Crippen LogP contribution < -0.4 is 14.8 Å². The third-order valence-electron chi connectivity index (χ3n) is 3.56. The number of carbonyl (C=O) groups is 1. The van der Waals surface area contributed by atoms with Gasteiger partial charge in [-0.2, -0.15) is 0 Å². The molecule has 3 aromatic rings. The van der Waals surface area contributed by atoms with E-state index < -0.39 is 0 Å². The van der Waals surface area contributed by atoms with Crippen LogP contribution in [0.5, 0.6) is 11.5 Å². The van der Waals surface area contributed by atoms with Gasteiger partial charge in [0, 0.05) is 17.0 Å². The molecule has 0 saturated heterocycles. The molecule has 0 bridgehead atoms. The standard InChI is InChI=1S/C18H14Cl2N2O3S/c1-24-11-4-6-14(16(8-11)25-2)21-17(23)15-9-26-18(22-15)10-3-5-12(19)13(20)7-10/h3-9H,1-2H3,(H,21,23). The van der Waals surface area contributed by atoms with Gasteiger partial charge < -0.3 is 14.8 Å². The number of hydrogen-bond acceptors (Lipinski definition) is 5. The number of anilines is 1. The van der Waals surface area contributed by atoms with Gasteiger partial charge in [-0.1, -0.05) is 29.3 Å². The van der Waals surface area contributed by atoms with E-state index in [1.54, 1.807) is 48.9 Å². The minimum atomic E-state index is -0.337. The SMILES string of the molecule is COc1ccc(NC(=O)c2csc(-c3ccc(Cl)c(Cl)c3)n2)c(OC)c1. The molecular weight excluding hydrogens is 395 g/mol. The van der Waals surface area contributed by atoms with Crippen LogP contribution in [-0.4, -0.2) is 25.1 Å². The Morgan fingerprint density at radius 2 is 1.88 bits per heavy atom. The Labute approximate surface area is 164 Å². The number of hydrogen-bond donors (Lipinski definition) is 1. The van der Waals surface area contributed by atoms with Crippen molar-refractivity contribution in [2.24, 2.45) is 0 Å². The van der Waals surface area contributed by atoms with Crippen LogP contribution in [0.3, 0.4) is 0 Å². The van der Waals surface area contributed by atoms with Crippen molar-refractivity contribution in [3.05, 3.63) is 57.5 Å². The summed E-state index contributed by atoms with van der Waals surface area (Å²) in [5.74, 6) is 0.795. The number of rotatable bonds is 5. The fourth-order valence-electron chi connectivity index (χ4n) is 2.23.